The van der Waals surface area contributed by atoms with Gasteiger partial charge in [0, 0.05) is 65.6 Å². The second-order valence-electron chi connectivity index (χ2n) is 11.9. The summed E-state index contributed by atoms with van der Waals surface area (Å²) >= 11 is 0. The Kier molecular flexibility index (Phi) is 8.44. The van der Waals surface area contributed by atoms with Gasteiger partial charge >= 0.3 is 5.97 Å². The van der Waals surface area contributed by atoms with Crippen LogP contribution in [0.4, 0.5) is 13.2 Å². The summed E-state index contributed by atoms with van der Waals surface area (Å²) in [5, 5.41) is 18.1. The molecular formula is C34H29F3N6O5S. The predicted octanol–water partition coefficient (Wildman–Crippen LogP) is 5.92. The Bertz CT molecular complexity index is 2320. The van der Waals surface area contributed by atoms with Crippen molar-refractivity contribution in [3.8, 4) is 22.9 Å². The summed E-state index contributed by atoms with van der Waals surface area (Å²) in [6, 6.07) is 11.5. The summed E-state index contributed by atoms with van der Waals surface area (Å²) in [5.74, 6) is -4.48. The van der Waals surface area contributed by atoms with E-state index in [0.717, 1.165) is 6.07 Å². The number of aliphatic carboxylic acids is 1. The van der Waals surface area contributed by atoms with Crippen LogP contribution in [0.2, 0.25) is 0 Å². The number of ether oxygens (including phenoxy) is 1. The molecule has 1 aliphatic heterocycles. The molecular weight excluding hydrogens is 661 g/mol. The van der Waals surface area contributed by atoms with Gasteiger partial charge in [0.2, 0.25) is 0 Å². The first-order valence-corrected chi connectivity index (χ1v) is 17.3. The maximum atomic E-state index is 15.9. The summed E-state index contributed by atoms with van der Waals surface area (Å²) in [6.45, 7) is 0.0373. The maximum Gasteiger partial charge on any atom is 0.303 e. The molecule has 3 N–H and O–H groups in total. The number of H-pyrrole nitrogens is 2. The Labute approximate surface area is 277 Å². The molecule has 6 aromatic rings. The number of hydrogen-bond acceptors (Lipinski definition) is 7. The maximum absolute atomic E-state index is 15.9. The lowest BCUT2D eigenvalue weighted by atomic mass is 9.91. The van der Waals surface area contributed by atoms with Gasteiger partial charge in [-0.15, -0.1) is 5.10 Å². The minimum Gasteiger partial charge on any atom is -0.481 e. The van der Waals surface area contributed by atoms with E-state index >= 15 is 13.2 Å². The van der Waals surface area contributed by atoms with E-state index < -0.39 is 39.2 Å². The molecule has 1 aliphatic rings. The Balaban J connectivity index is 1.34. The zero-order valence-corrected chi connectivity index (χ0v) is 26.6. The average Bonchev–Trinajstić information content (AvgIpc) is 3.84. The van der Waals surface area contributed by atoms with Crippen LogP contribution in [0.3, 0.4) is 0 Å². The van der Waals surface area contributed by atoms with E-state index in [1.54, 1.807) is 24.5 Å². The number of aromatic nitrogens is 6. The van der Waals surface area contributed by atoms with E-state index in [0.29, 0.717) is 27.9 Å². The highest BCUT2D eigenvalue weighted by molar-refractivity contribution is 7.91. The Morgan fingerprint density at radius 2 is 1.94 bits per heavy atom. The van der Waals surface area contributed by atoms with Crippen LogP contribution >= 0.6 is 0 Å². The topological polar surface area (TPSA) is 156 Å². The molecule has 0 aliphatic carbocycles. The number of benzene rings is 3. The number of halogens is 3. The normalized spacial score (nSPS) is 16.3. The molecule has 0 amide bonds. The van der Waals surface area contributed by atoms with Crippen LogP contribution in [0.15, 0.2) is 67.1 Å². The molecule has 15 heteroatoms. The van der Waals surface area contributed by atoms with Gasteiger partial charge in [0.15, 0.2) is 21.4 Å². The van der Waals surface area contributed by atoms with E-state index in [-0.39, 0.29) is 77.7 Å². The Morgan fingerprint density at radius 3 is 2.78 bits per heavy atom. The first-order valence-electron chi connectivity index (χ1n) is 15.4. The first-order chi connectivity index (χ1) is 23.5. The number of carboxylic acids is 1. The van der Waals surface area contributed by atoms with Crippen LogP contribution in [-0.4, -0.2) is 60.9 Å². The average molecular weight is 691 g/mol. The van der Waals surface area contributed by atoms with Crippen molar-refractivity contribution in [2.75, 3.05) is 11.5 Å². The summed E-state index contributed by atoms with van der Waals surface area (Å²) in [5.41, 5.74) is 1.96. The number of nitrogens with zero attached hydrogens (tertiary/aromatic N) is 4. The van der Waals surface area contributed by atoms with Crippen molar-refractivity contribution in [2.45, 2.75) is 38.1 Å². The van der Waals surface area contributed by atoms with Crippen LogP contribution in [0, 0.1) is 17.5 Å². The fraction of sp³-hybridized carbons (Fsp3) is 0.235. The minimum atomic E-state index is -3.71. The number of aromatic amines is 2. The molecule has 0 saturated carbocycles. The van der Waals surface area contributed by atoms with Gasteiger partial charge < -0.3 is 19.8 Å². The second-order valence-corrected chi connectivity index (χ2v) is 14.2. The molecule has 7 rings (SSSR count). The van der Waals surface area contributed by atoms with E-state index in [2.05, 4.69) is 25.3 Å². The molecule has 252 valence electrons. The van der Waals surface area contributed by atoms with Crippen molar-refractivity contribution in [1.29, 1.82) is 0 Å². The van der Waals surface area contributed by atoms with Crippen molar-refractivity contribution in [3.05, 3.63) is 113 Å². The van der Waals surface area contributed by atoms with Crippen LogP contribution in [-0.2, 0) is 34.0 Å². The highest BCUT2D eigenvalue weighted by Gasteiger charge is 2.26. The quantitative estimate of drug-likeness (QED) is 0.206. The van der Waals surface area contributed by atoms with Gasteiger partial charge in [-0.1, -0.05) is 23.4 Å². The van der Waals surface area contributed by atoms with E-state index in [1.165, 1.54) is 41.2 Å². The van der Waals surface area contributed by atoms with Crippen molar-refractivity contribution >= 4 is 26.7 Å². The van der Waals surface area contributed by atoms with Crippen LogP contribution < -0.4 is 4.74 Å². The number of carboxylic acid groups (broad SMARTS) is 1. The van der Waals surface area contributed by atoms with Gasteiger partial charge in [0.1, 0.15) is 23.2 Å². The minimum absolute atomic E-state index is 0.0192. The third-order valence-corrected chi connectivity index (χ3v) is 10.3. The molecule has 4 heterocycles. The summed E-state index contributed by atoms with van der Waals surface area (Å²) in [7, 11) is -3.71. The SMILES string of the molecule is O=C(O)CCc1cccc(C2CCS(=O)(=O)CCc3cn(nn3)Cc3c(c(F)cc4[nH]ccc34)Oc3ccc(F)c(c3)-c3ncc2[nH]3)c1F. The van der Waals surface area contributed by atoms with Crippen molar-refractivity contribution in [1.82, 2.24) is 29.9 Å². The fourth-order valence-electron chi connectivity index (χ4n) is 6.14. The summed E-state index contributed by atoms with van der Waals surface area (Å²) in [6.07, 6.45) is 4.27. The molecule has 0 radical (unpaired) electrons. The molecule has 1 atom stereocenters. The number of rotatable bonds is 4. The molecule has 49 heavy (non-hydrogen) atoms. The smallest absolute Gasteiger partial charge is 0.303 e. The highest BCUT2D eigenvalue weighted by atomic mass is 32.2. The van der Waals surface area contributed by atoms with Crippen LogP contribution in [0.25, 0.3) is 22.3 Å². The van der Waals surface area contributed by atoms with Gasteiger partial charge in [-0.3, -0.25) is 4.79 Å². The van der Waals surface area contributed by atoms with Gasteiger partial charge in [-0.05, 0) is 48.2 Å². The van der Waals surface area contributed by atoms with Crippen molar-refractivity contribution < 1.29 is 36.2 Å². The molecule has 11 nitrogen and oxygen atoms in total. The van der Waals surface area contributed by atoms with E-state index in [1.807, 2.05) is 0 Å². The molecule has 0 spiro atoms. The second kappa shape index (κ2) is 12.9. The van der Waals surface area contributed by atoms with Crippen LogP contribution in [0.5, 0.6) is 11.5 Å². The summed E-state index contributed by atoms with van der Waals surface area (Å²) in [4.78, 5) is 21.6. The summed E-state index contributed by atoms with van der Waals surface area (Å²) < 4.78 is 81.0. The zero-order valence-electron chi connectivity index (χ0n) is 25.8. The molecule has 0 fully saturated rings. The van der Waals surface area contributed by atoms with Gasteiger partial charge in [-0.25, -0.2) is 31.3 Å². The fourth-order valence-corrected chi connectivity index (χ4v) is 7.46. The molecule has 3 aromatic carbocycles. The molecule has 1 unspecified atom stereocenters. The van der Waals surface area contributed by atoms with Crippen molar-refractivity contribution in [3.63, 3.8) is 0 Å². The molecule has 0 saturated heterocycles. The van der Waals surface area contributed by atoms with Crippen LogP contribution in [0.1, 0.15) is 46.8 Å². The number of nitrogens with one attached hydrogen (secondary N) is 2. The van der Waals surface area contributed by atoms with E-state index in [9.17, 15) is 13.2 Å². The lowest BCUT2D eigenvalue weighted by molar-refractivity contribution is -0.136. The van der Waals surface area contributed by atoms with Gasteiger partial charge in [0.25, 0.3) is 0 Å². The highest BCUT2D eigenvalue weighted by Crippen LogP contribution is 2.38. The zero-order chi connectivity index (χ0) is 34.3. The van der Waals surface area contributed by atoms with Gasteiger partial charge in [0.05, 0.1) is 29.3 Å². The predicted molar refractivity (Wildman–Crippen MR) is 173 cm³/mol. The third kappa shape index (κ3) is 6.66. The molecule has 3 aromatic heterocycles. The lowest BCUT2D eigenvalue weighted by Crippen LogP contribution is -2.17. The number of imidazole rings is 1. The number of aryl methyl sites for hydroxylation is 2. The third-order valence-electron chi connectivity index (χ3n) is 8.64. The van der Waals surface area contributed by atoms with E-state index in [4.69, 9.17) is 9.84 Å². The number of fused-ring (bicyclic) bond motifs is 10. The lowest BCUT2D eigenvalue weighted by Gasteiger charge is -2.18. The Hall–Kier alpha value is -5.44. The van der Waals surface area contributed by atoms with Gasteiger partial charge in [-0.2, -0.15) is 0 Å². The Morgan fingerprint density at radius 1 is 1.08 bits per heavy atom. The largest absolute Gasteiger partial charge is 0.481 e. The molecule has 6 bridgehead atoms. The van der Waals surface area contributed by atoms with Crippen molar-refractivity contribution in [2.24, 2.45) is 0 Å². The number of carbonyl (C=O) groups is 1. The standard InChI is InChI=1S/C34H29F3N6O5S/c35-27-6-5-21-14-25(27)34-39-16-30(40-34)23(24-3-1-2-19(32(24)37)4-7-31(44)45)10-13-49(46,47)12-9-20-17-43(42-41-20)18-26-22-8-11-38-29(22)15-28(36)33(26)48-21/h1-3,5-6,8,11,14-17,23,38H,4,7,9-10,12-13,18H2,(H,39,40)(H,44,45). The number of hydrogen-bond donors (Lipinski definition) is 3. The first kappa shape index (κ1) is 32.1. The monoisotopic (exact) mass is 690 g/mol. The number of sulfone groups is 1.